The van der Waals surface area contributed by atoms with Gasteiger partial charge in [-0.15, -0.1) is 0 Å². The highest BCUT2D eigenvalue weighted by atomic mass is 16.6. The third-order valence-corrected chi connectivity index (χ3v) is 3.97. The minimum Gasteiger partial charge on any atom is -0.444 e. The SMILES string of the molecule is CC(=O)CC1CN(Cc2ccccc2)CCN1C(=O)OC(C)(C)C. The van der Waals surface area contributed by atoms with Gasteiger partial charge in [0.1, 0.15) is 11.4 Å². The molecule has 0 saturated carbocycles. The molecule has 132 valence electrons. The third kappa shape index (κ3) is 5.64. The van der Waals surface area contributed by atoms with E-state index in [0.717, 1.165) is 13.1 Å². The summed E-state index contributed by atoms with van der Waals surface area (Å²) in [6.45, 7) is 10.0. The summed E-state index contributed by atoms with van der Waals surface area (Å²) >= 11 is 0. The topological polar surface area (TPSA) is 49.9 Å². The van der Waals surface area contributed by atoms with E-state index < -0.39 is 5.60 Å². The number of ketones is 1. The van der Waals surface area contributed by atoms with Gasteiger partial charge in [0, 0.05) is 32.6 Å². The molecule has 0 spiro atoms. The minimum absolute atomic E-state index is 0.0927. The number of carbonyl (C=O) groups excluding carboxylic acids is 2. The molecule has 0 aliphatic carbocycles. The number of ether oxygens (including phenoxy) is 1. The van der Waals surface area contributed by atoms with E-state index in [2.05, 4.69) is 17.0 Å². The summed E-state index contributed by atoms with van der Waals surface area (Å²) in [7, 11) is 0. The van der Waals surface area contributed by atoms with Crippen molar-refractivity contribution in [3.63, 3.8) is 0 Å². The second kappa shape index (κ2) is 7.79. The number of piperazine rings is 1. The van der Waals surface area contributed by atoms with Gasteiger partial charge in [-0.3, -0.25) is 9.69 Å². The summed E-state index contributed by atoms with van der Waals surface area (Å²) in [6.07, 6.45) is 0.0398. The van der Waals surface area contributed by atoms with Crippen LogP contribution in [0.1, 0.15) is 39.7 Å². The number of Topliss-reactive ketones (excluding diaryl/α,β-unsaturated/α-hetero) is 1. The Morgan fingerprint density at radius 1 is 1.17 bits per heavy atom. The van der Waals surface area contributed by atoms with E-state index in [-0.39, 0.29) is 17.9 Å². The quantitative estimate of drug-likeness (QED) is 0.850. The molecule has 1 unspecified atom stereocenters. The smallest absolute Gasteiger partial charge is 0.410 e. The molecule has 0 aromatic heterocycles. The average molecular weight is 332 g/mol. The van der Waals surface area contributed by atoms with Crippen molar-refractivity contribution in [3.05, 3.63) is 35.9 Å². The van der Waals surface area contributed by atoms with Crippen LogP contribution in [0.25, 0.3) is 0 Å². The number of hydrogen-bond acceptors (Lipinski definition) is 4. The second-order valence-electron chi connectivity index (χ2n) is 7.45. The first kappa shape index (κ1) is 18.5. The van der Waals surface area contributed by atoms with Crippen LogP contribution in [0.15, 0.2) is 30.3 Å². The van der Waals surface area contributed by atoms with Gasteiger partial charge in [-0.25, -0.2) is 4.79 Å². The minimum atomic E-state index is -0.529. The molecule has 1 saturated heterocycles. The highest BCUT2D eigenvalue weighted by Crippen LogP contribution is 2.19. The van der Waals surface area contributed by atoms with Crippen LogP contribution in [0.3, 0.4) is 0 Å². The van der Waals surface area contributed by atoms with Gasteiger partial charge in [0.15, 0.2) is 0 Å². The summed E-state index contributed by atoms with van der Waals surface area (Å²) in [4.78, 5) is 28.1. The lowest BCUT2D eigenvalue weighted by molar-refractivity contribution is -0.118. The van der Waals surface area contributed by atoms with E-state index in [0.29, 0.717) is 19.5 Å². The molecule has 2 rings (SSSR count). The van der Waals surface area contributed by atoms with E-state index in [9.17, 15) is 9.59 Å². The fraction of sp³-hybridized carbons (Fsp3) is 0.579. The van der Waals surface area contributed by atoms with Crippen molar-refractivity contribution >= 4 is 11.9 Å². The van der Waals surface area contributed by atoms with Crippen LogP contribution in [-0.2, 0) is 16.1 Å². The molecule has 1 heterocycles. The molecule has 0 bridgehead atoms. The van der Waals surface area contributed by atoms with Crippen LogP contribution in [0.5, 0.6) is 0 Å². The maximum atomic E-state index is 12.4. The van der Waals surface area contributed by atoms with E-state index in [4.69, 9.17) is 4.74 Å². The molecule has 5 nitrogen and oxygen atoms in total. The number of amides is 1. The van der Waals surface area contributed by atoms with E-state index in [1.54, 1.807) is 11.8 Å². The Morgan fingerprint density at radius 2 is 1.83 bits per heavy atom. The molecule has 1 fully saturated rings. The van der Waals surface area contributed by atoms with Crippen molar-refractivity contribution in [3.8, 4) is 0 Å². The molecular formula is C19H28N2O3. The Labute approximate surface area is 144 Å². The second-order valence-corrected chi connectivity index (χ2v) is 7.45. The standard InChI is InChI=1S/C19H28N2O3/c1-15(22)12-17-14-20(13-16-8-6-5-7-9-16)10-11-21(17)18(23)24-19(2,3)4/h5-9,17H,10-14H2,1-4H3. The summed E-state index contributed by atoms with van der Waals surface area (Å²) in [5.41, 5.74) is 0.712. The predicted octanol–water partition coefficient (Wildman–Crippen LogP) is 3.09. The Hall–Kier alpha value is -1.88. The lowest BCUT2D eigenvalue weighted by Crippen LogP contribution is -2.56. The molecule has 1 aliphatic rings. The summed E-state index contributed by atoms with van der Waals surface area (Å²) in [5.74, 6) is 0.0927. The van der Waals surface area contributed by atoms with Crippen LogP contribution >= 0.6 is 0 Å². The Balaban J connectivity index is 2.04. The van der Waals surface area contributed by atoms with Crippen molar-refractivity contribution in [1.82, 2.24) is 9.80 Å². The number of hydrogen-bond donors (Lipinski definition) is 0. The predicted molar refractivity (Wildman–Crippen MR) is 93.7 cm³/mol. The van der Waals surface area contributed by atoms with Gasteiger partial charge in [-0.05, 0) is 33.3 Å². The zero-order valence-corrected chi connectivity index (χ0v) is 15.1. The number of carbonyl (C=O) groups is 2. The highest BCUT2D eigenvalue weighted by Gasteiger charge is 2.33. The van der Waals surface area contributed by atoms with Gasteiger partial charge in [0.2, 0.25) is 0 Å². The molecule has 1 aliphatic heterocycles. The van der Waals surface area contributed by atoms with Crippen LogP contribution in [0.4, 0.5) is 4.79 Å². The fourth-order valence-corrected chi connectivity index (χ4v) is 2.97. The van der Waals surface area contributed by atoms with E-state index in [1.807, 2.05) is 39.0 Å². The first-order chi connectivity index (χ1) is 11.2. The molecule has 5 heteroatoms. The zero-order valence-electron chi connectivity index (χ0n) is 15.1. The summed E-state index contributed by atoms with van der Waals surface area (Å²) in [5, 5.41) is 0. The molecule has 0 radical (unpaired) electrons. The van der Waals surface area contributed by atoms with Crippen molar-refractivity contribution in [2.75, 3.05) is 19.6 Å². The van der Waals surface area contributed by atoms with E-state index >= 15 is 0 Å². The van der Waals surface area contributed by atoms with Crippen LogP contribution in [-0.4, -0.2) is 53.0 Å². The van der Waals surface area contributed by atoms with Crippen molar-refractivity contribution in [2.24, 2.45) is 0 Å². The lowest BCUT2D eigenvalue weighted by atomic mass is 10.1. The Kier molecular flexibility index (Phi) is 5.99. The maximum absolute atomic E-state index is 12.4. The zero-order chi connectivity index (χ0) is 17.7. The van der Waals surface area contributed by atoms with Gasteiger partial charge < -0.3 is 9.64 Å². The van der Waals surface area contributed by atoms with Gasteiger partial charge in [0.25, 0.3) is 0 Å². The first-order valence-corrected chi connectivity index (χ1v) is 8.50. The average Bonchev–Trinajstić information content (AvgIpc) is 2.46. The number of rotatable bonds is 4. The number of benzene rings is 1. The number of nitrogens with zero attached hydrogens (tertiary/aromatic N) is 2. The van der Waals surface area contributed by atoms with Gasteiger partial charge in [0.05, 0.1) is 6.04 Å². The van der Waals surface area contributed by atoms with Gasteiger partial charge >= 0.3 is 6.09 Å². The van der Waals surface area contributed by atoms with Gasteiger partial charge in [-0.1, -0.05) is 30.3 Å². The van der Waals surface area contributed by atoms with Crippen molar-refractivity contribution in [1.29, 1.82) is 0 Å². The molecule has 1 aromatic rings. The monoisotopic (exact) mass is 332 g/mol. The van der Waals surface area contributed by atoms with Crippen LogP contribution in [0.2, 0.25) is 0 Å². The largest absolute Gasteiger partial charge is 0.444 e. The molecular weight excluding hydrogens is 304 g/mol. The molecule has 0 N–H and O–H groups in total. The Morgan fingerprint density at radius 3 is 2.42 bits per heavy atom. The first-order valence-electron chi connectivity index (χ1n) is 8.50. The third-order valence-electron chi connectivity index (χ3n) is 3.97. The molecule has 1 aromatic carbocycles. The highest BCUT2D eigenvalue weighted by molar-refractivity contribution is 5.77. The van der Waals surface area contributed by atoms with Crippen molar-refractivity contribution in [2.45, 2.75) is 52.3 Å². The maximum Gasteiger partial charge on any atom is 0.410 e. The Bertz CT molecular complexity index is 566. The summed E-state index contributed by atoms with van der Waals surface area (Å²) < 4.78 is 5.50. The molecule has 1 amide bonds. The fourth-order valence-electron chi connectivity index (χ4n) is 2.97. The summed E-state index contributed by atoms with van der Waals surface area (Å²) in [6, 6.07) is 10.1. The van der Waals surface area contributed by atoms with Crippen molar-refractivity contribution < 1.29 is 14.3 Å². The van der Waals surface area contributed by atoms with Crippen LogP contribution < -0.4 is 0 Å². The van der Waals surface area contributed by atoms with Crippen LogP contribution in [0, 0.1) is 0 Å². The molecule has 1 atom stereocenters. The van der Waals surface area contributed by atoms with E-state index in [1.165, 1.54) is 5.56 Å². The van der Waals surface area contributed by atoms with Gasteiger partial charge in [-0.2, -0.15) is 0 Å². The normalized spacial score (nSPS) is 19.2. The molecule has 24 heavy (non-hydrogen) atoms. The lowest BCUT2D eigenvalue weighted by Gasteiger charge is -2.41.